The number of carbonyl (C=O) groups is 3. The van der Waals surface area contributed by atoms with Crippen LogP contribution < -0.4 is 5.32 Å². The Morgan fingerprint density at radius 1 is 1.32 bits per heavy atom. The summed E-state index contributed by atoms with van der Waals surface area (Å²) in [6.45, 7) is 4.82. The first-order valence-corrected chi connectivity index (χ1v) is 10.5. The average molecular weight is 396 g/mol. The van der Waals surface area contributed by atoms with E-state index in [0.717, 1.165) is 19.3 Å². The van der Waals surface area contributed by atoms with E-state index in [1.54, 1.807) is 6.92 Å². The highest BCUT2D eigenvalue weighted by molar-refractivity contribution is 5.98. The van der Waals surface area contributed by atoms with Crippen molar-refractivity contribution in [2.24, 2.45) is 11.8 Å². The largest absolute Gasteiger partial charge is 0.466 e. The summed E-state index contributed by atoms with van der Waals surface area (Å²) in [6, 6.07) is -0.761. The number of hydrogen-bond acceptors (Lipinski definition) is 6. The maximum Gasteiger partial charge on any atom is 0.312 e. The Balaban J connectivity index is 1.85. The number of carbonyl (C=O) groups excluding carboxylic acids is 3. The second kappa shape index (κ2) is 8.78. The summed E-state index contributed by atoms with van der Waals surface area (Å²) in [6.07, 6.45) is 4.18. The van der Waals surface area contributed by atoms with Crippen LogP contribution in [0.3, 0.4) is 0 Å². The lowest BCUT2D eigenvalue weighted by atomic mass is 9.71. The number of aliphatic hydroxyl groups is 1. The van der Waals surface area contributed by atoms with E-state index in [-0.39, 0.29) is 37.7 Å². The van der Waals surface area contributed by atoms with Gasteiger partial charge in [-0.3, -0.25) is 14.4 Å². The van der Waals surface area contributed by atoms with Gasteiger partial charge in [-0.25, -0.2) is 0 Å². The maximum absolute atomic E-state index is 13.3. The van der Waals surface area contributed by atoms with Crippen molar-refractivity contribution in [1.82, 2.24) is 10.2 Å². The van der Waals surface area contributed by atoms with Gasteiger partial charge >= 0.3 is 5.97 Å². The van der Waals surface area contributed by atoms with E-state index in [9.17, 15) is 19.5 Å². The predicted octanol–water partition coefficient (Wildman–Crippen LogP) is 0.613. The molecule has 0 aliphatic carbocycles. The molecule has 0 aromatic heterocycles. The molecule has 0 aromatic rings. The molecule has 158 valence electrons. The summed E-state index contributed by atoms with van der Waals surface area (Å²) in [4.78, 5) is 40.4. The Morgan fingerprint density at radius 3 is 2.79 bits per heavy atom. The fourth-order valence-corrected chi connectivity index (χ4v) is 5.12. The van der Waals surface area contributed by atoms with E-state index in [1.165, 1.54) is 4.90 Å². The van der Waals surface area contributed by atoms with Crippen LogP contribution in [0.15, 0.2) is 0 Å². The van der Waals surface area contributed by atoms with Gasteiger partial charge in [0.2, 0.25) is 11.8 Å². The first kappa shape index (κ1) is 21.0. The normalized spacial score (nSPS) is 33.2. The summed E-state index contributed by atoms with van der Waals surface area (Å²) in [5.41, 5.74) is -0.969. The molecule has 3 aliphatic rings. The lowest BCUT2D eigenvalue weighted by Gasteiger charge is -2.33. The Labute approximate surface area is 165 Å². The Hall–Kier alpha value is -1.67. The monoisotopic (exact) mass is 396 g/mol. The first-order chi connectivity index (χ1) is 13.5. The minimum atomic E-state index is -0.969. The third-order valence-corrected chi connectivity index (χ3v) is 6.24. The van der Waals surface area contributed by atoms with Gasteiger partial charge in [-0.2, -0.15) is 0 Å². The molecule has 3 saturated heterocycles. The van der Waals surface area contributed by atoms with Crippen LogP contribution in [-0.2, 0) is 23.9 Å². The number of nitrogens with one attached hydrogen (secondary N) is 1. The van der Waals surface area contributed by atoms with Gasteiger partial charge in [-0.15, -0.1) is 0 Å². The Morgan fingerprint density at radius 2 is 2.11 bits per heavy atom. The Kier molecular flexibility index (Phi) is 6.60. The number of nitrogens with zero attached hydrogens (tertiary/aromatic N) is 1. The lowest BCUT2D eigenvalue weighted by molar-refractivity contribution is -0.154. The molecule has 0 aromatic carbocycles. The smallest absolute Gasteiger partial charge is 0.312 e. The Bertz CT molecular complexity index is 612. The summed E-state index contributed by atoms with van der Waals surface area (Å²) in [5.74, 6) is -2.22. The van der Waals surface area contributed by atoms with E-state index in [2.05, 4.69) is 12.2 Å². The van der Waals surface area contributed by atoms with Crippen LogP contribution in [0.4, 0.5) is 0 Å². The number of ether oxygens (including phenoxy) is 2. The highest BCUT2D eigenvalue weighted by Gasteiger charge is 2.74. The van der Waals surface area contributed by atoms with Gasteiger partial charge in [0.05, 0.1) is 24.5 Å². The zero-order valence-electron chi connectivity index (χ0n) is 16.8. The highest BCUT2D eigenvalue weighted by Crippen LogP contribution is 2.58. The predicted molar refractivity (Wildman–Crippen MR) is 100 cm³/mol. The summed E-state index contributed by atoms with van der Waals surface area (Å²) >= 11 is 0. The molecule has 2 N–H and O–H groups in total. The molecule has 0 radical (unpaired) electrons. The lowest BCUT2D eigenvalue weighted by Crippen LogP contribution is -2.55. The van der Waals surface area contributed by atoms with E-state index in [0.29, 0.717) is 25.8 Å². The standard InChI is InChI=1S/C20H32N2O6/c1-3-5-6-10-21-17(24)16-20-9-8-13(28-20)14(19(26)27-4-2)15(20)18(25)22(16)11-7-12-23/h13-16,23H,3-12H2,1-2H3,(H,21,24)/t13-,14+,15+,16-,20+/m1/s1. The second-order valence-electron chi connectivity index (χ2n) is 7.91. The molecule has 1 spiro atoms. The second-order valence-corrected chi connectivity index (χ2v) is 7.91. The number of fused-ring (bicyclic) bond motifs is 1. The number of aliphatic hydroxyl groups excluding tert-OH is 1. The average Bonchev–Trinajstić information content (AvgIpc) is 3.31. The quantitative estimate of drug-likeness (QED) is 0.414. The van der Waals surface area contributed by atoms with Gasteiger partial charge in [-0.1, -0.05) is 19.8 Å². The zero-order chi connectivity index (χ0) is 20.3. The molecule has 8 nitrogen and oxygen atoms in total. The molecule has 3 aliphatic heterocycles. The van der Waals surface area contributed by atoms with Crippen LogP contribution in [0.25, 0.3) is 0 Å². The van der Waals surface area contributed by atoms with Crippen molar-refractivity contribution in [3.63, 3.8) is 0 Å². The van der Waals surface area contributed by atoms with Gasteiger partial charge in [0.15, 0.2) is 0 Å². The number of rotatable bonds is 10. The van der Waals surface area contributed by atoms with Crippen LogP contribution in [0.1, 0.15) is 52.4 Å². The van der Waals surface area contributed by atoms with Crippen molar-refractivity contribution < 1.29 is 29.0 Å². The molecule has 3 heterocycles. The molecule has 0 saturated carbocycles. The van der Waals surface area contributed by atoms with Crippen molar-refractivity contribution in [3.8, 4) is 0 Å². The molecule has 28 heavy (non-hydrogen) atoms. The molecular formula is C20H32N2O6. The number of amides is 2. The SMILES string of the molecule is CCCCCNC(=O)[C@H]1N(CCCO)C(=O)[C@@H]2[C@@H](C(=O)OCC)[C@H]3CC[C@]21O3. The zero-order valence-corrected chi connectivity index (χ0v) is 16.8. The molecular weight excluding hydrogens is 364 g/mol. The molecule has 8 heteroatoms. The van der Waals surface area contributed by atoms with Crippen molar-refractivity contribution in [3.05, 3.63) is 0 Å². The van der Waals surface area contributed by atoms with Crippen molar-refractivity contribution in [2.45, 2.75) is 70.1 Å². The molecule has 0 unspecified atom stereocenters. The topological polar surface area (TPSA) is 105 Å². The highest BCUT2D eigenvalue weighted by atomic mass is 16.6. The first-order valence-electron chi connectivity index (χ1n) is 10.5. The molecule has 3 fully saturated rings. The van der Waals surface area contributed by atoms with E-state index < -0.39 is 29.4 Å². The molecule has 2 amide bonds. The van der Waals surface area contributed by atoms with Gasteiger partial charge < -0.3 is 24.8 Å². The van der Waals surface area contributed by atoms with E-state index in [4.69, 9.17) is 9.47 Å². The number of unbranched alkanes of at least 4 members (excludes halogenated alkanes) is 2. The van der Waals surface area contributed by atoms with Gasteiger partial charge in [0.1, 0.15) is 11.6 Å². The number of likely N-dealkylation sites (tertiary alicyclic amines) is 1. The van der Waals surface area contributed by atoms with Crippen molar-refractivity contribution in [1.29, 1.82) is 0 Å². The van der Waals surface area contributed by atoms with E-state index in [1.807, 2.05) is 0 Å². The fraction of sp³-hybridized carbons (Fsp3) is 0.850. The maximum atomic E-state index is 13.3. The summed E-state index contributed by atoms with van der Waals surface area (Å²) in [7, 11) is 0. The summed E-state index contributed by atoms with van der Waals surface area (Å²) in [5, 5.41) is 12.2. The van der Waals surface area contributed by atoms with Crippen LogP contribution in [0.5, 0.6) is 0 Å². The van der Waals surface area contributed by atoms with E-state index >= 15 is 0 Å². The third kappa shape index (κ3) is 3.41. The van der Waals surface area contributed by atoms with Crippen LogP contribution in [0.2, 0.25) is 0 Å². The molecule has 3 rings (SSSR count). The number of esters is 1. The molecule has 5 atom stereocenters. The fourth-order valence-electron chi connectivity index (χ4n) is 5.12. The van der Waals surface area contributed by atoms with Gasteiger partial charge in [0.25, 0.3) is 0 Å². The third-order valence-electron chi connectivity index (χ3n) is 6.24. The summed E-state index contributed by atoms with van der Waals surface area (Å²) < 4.78 is 11.4. The van der Waals surface area contributed by atoms with Gasteiger partial charge in [-0.05, 0) is 32.6 Å². The molecule has 2 bridgehead atoms. The number of hydrogen-bond donors (Lipinski definition) is 2. The van der Waals surface area contributed by atoms with Gasteiger partial charge in [0, 0.05) is 19.7 Å². The minimum Gasteiger partial charge on any atom is -0.466 e. The van der Waals surface area contributed by atoms with Crippen LogP contribution >= 0.6 is 0 Å². The minimum absolute atomic E-state index is 0.0723. The van der Waals surface area contributed by atoms with Crippen LogP contribution in [0, 0.1) is 11.8 Å². The van der Waals surface area contributed by atoms with Crippen molar-refractivity contribution >= 4 is 17.8 Å². The van der Waals surface area contributed by atoms with Crippen molar-refractivity contribution in [2.75, 3.05) is 26.3 Å². The van der Waals surface area contributed by atoms with Crippen LogP contribution in [-0.4, -0.2) is 71.8 Å².